The zero-order chi connectivity index (χ0) is 13.8. The smallest absolute Gasteiger partial charge is 0.137 e. The van der Waals surface area contributed by atoms with Crippen LogP contribution in [0, 0.1) is 5.82 Å². The summed E-state index contributed by atoms with van der Waals surface area (Å²) in [5.74, 6) is -0.242. The Bertz CT molecular complexity index is 555. The summed E-state index contributed by atoms with van der Waals surface area (Å²) in [7, 11) is 0. The molecule has 0 bridgehead atoms. The fourth-order valence-corrected chi connectivity index (χ4v) is 2.67. The van der Waals surface area contributed by atoms with Crippen LogP contribution in [-0.4, -0.2) is 6.04 Å². The van der Waals surface area contributed by atoms with Crippen molar-refractivity contribution in [1.29, 1.82) is 0 Å². The van der Waals surface area contributed by atoms with Crippen LogP contribution in [0.5, 0.6) is 0 Å². The first kappa shape index (κ1) is 14.7. The summed E-state index contributed by atoms with van der Waals surface area (Å²) >= 11 is 6.67. The minimum Gasteiger partial charge on any atom is -0.327 e. The lowest BCUT2D eigenvalue weighted by atomic mass is 10.00. The summed E-state index contributed by atoms with van der Waals surface area (Å²) in [6.07, 6.45) is 1.42. The number of benzene rings is 2. The Balaban J connectivity index is 2.03. The van der Waals surface area contributed by atoms with E-state index >= 15 is 0 Å². The third-order valence-electron chi connectivity index (χ3n) is 2.92. The summed E-state index contributed by atoms with van der Waals surface area (Å²) in [5, 5.41) is 0. The molecule has 2 N–H and O–H groups in total. The fraction of sp³-hybridized carbons (Fsp3) is 0.200. The van der Waals surface area contributed by atoms with Crippen molar-refractivity contribution in [3.63, 3.8) is 0 Å². The van der Waals surface area contributed by atoms with E-state index in [1.807, 2.05) is 30.3 Å². The molecule has 0 aromatic heterocycles. The van der Waals surface area contributed by atoms with Gasteiger partial charge in [-0.1, -0.05) is 40.2 Å². The van der Waals surface area contributed by atoms with Gasteiger partial charge in [0, 0.05) is 10.5 Å². The summed E-state index contributed by atoms with van der Waals surface area (Å²) in [4.78, 5) is 0. The van der Waals surface area contributed by atoms with Gasteiger partial charge >= 0.3 is 0 Å². The predicted octanol–water partition coefficient (Wildman–Crippen LogP) is 4.46. The van der Waals surface area contributed by atoms with Crippen molar-refractivity contribution in [2.45, 2.75) is 18.9 Å². The van der Waals surface area contributed by atoms with Gasteiger partial charge in [0.25, 0.3) is 0 Å². The van der Waals surface area contributed by atoms with Crippen LogP contribution >= 0.6 is 31.9 Å². The molecule has 1 unspecified atom stereocenters. The molecule has 0 fully saturated rings. The van der Waals surface area contributed by atoms with E-state index < -0.39 is 0 Å². The van der Waals surface area contributed by atoms with E-state index in [4.69, 9.17) is 5.73 Å². The number of nitrogens with two attached hydrogens (primary N) is 1. The average molecular weight is 387 g/mol. The van der Waals surface area contributed by atoms with Crippen LogP contribution in [0.25, 0.3) is 0 Å². The average Bonchev–Trinajstić information content (AvgIpc) is 2.38. The first-order valence-corrected chi connectivity index (χ1v) is 7.58. The fourth-order valence-electron chi connectivity index (χ4n) is 1.98. The second kappa shape index (κ2) is 6.64. The van der Waals surface area contributed by atoms with E-state index in [1.165, 1.54) is 11.6 Å². The SMILES string of the molecule is NC(Cc1ccc(Br)cc1)Cc1cccc(F)c1Br. The molecule has 100 valence electrons. The molecule has 0 saturated heterocycles. The van der Waals surface area contributed by atoms with E-state index in [-0.39, 0.29) is 11.9 Å². The lowest BCUT2D eigenvalue weighted by Crippen LogP contribution is -2.25. The van der Waals surface area contributed by atoms with E-state index in [0.29, 0.717) is 10.9 Å². The Morgan fingerprint density at radius 3 is 2.37 bits per heavy atom. The standard InChI is InChI=1S/C15H14Br2FN/c16-12-6-4-10(5-7-12)8-13(19)9-11-2-1-3-14(18)15(11)17/h1-7,13H,8-9,19H2. The molecule has 0 aliphatic rings. The zero-order valence-corrected chi connectivity index (χ0v) is 13.4. The topological polar surface area (TPSA) is 26.0 Å². The van der Waals surface area contributed by atoms with Crippen LogP contribution in [0.3, 0.4) is 0 Å². The molecule has 0 heterocycles. The predicted molar refractivity (Wildman–Crippen MR) is 83.6 cm³/mol. The van der Waals surface area contributed by atoms with Gasteiger partial charge in [0.1, 0.15) is 5.82 Å². The van der Waals surface area contributed by atoms with Crippen molar-refractivity contribution in [1.82, 2.24) is 0 Å². The second-order valence-electron chi connectivity index (χ2n) is 4.51. The first-order valence-electron chi connectivity index (χ1n) is 5.99. The van der Waals surface area contributed by atoms with Gasteiger partial charge in [0.2, 0.25) is 0 Å². The quantitative estimate of drug-likeness (QED) is 0.824. The van der Waals surface area contributed by atoms with Gasteiger partial charge in [0.15, 0.2) is 0 Å². The van der Waals surface area contributed by atoms with Crippen LogP contribution in [0.15, 0.2) is 51.4 Å². The van der Waals surface area contributed by atoms with Crippen LogP contribution in [0.1, 0.15) is 11.1 Å². The molecule has 0 saturated carbocycles. The highest BCUT2D eigenvalue weighted by Gasteiger charge is 2.10. The van der Waals surface area contributed by atoms with Gasteiger partial charge in [-0.3, -0.25) is 0 Å². The Hall–Kier alpha value is -0.710. The largest absolute Gasteiger partial charge is 0.327 e. The molecule has 0 aliphatic carbocycles. The molecule has 0 aliphatic heterocycles. The molecule has 2 aromatic carbocycles. The molecule has 1 atom stereocenters. The monoisotopic (exact) mass is 385 g/mol. The summed E-state index contributed by atoms with van der Waals surface area (Å²) < 4.78 is 15.0. The van der Waals surface area contributed by atoms with Crippen molar-refractivity contribution in [2.75, 3.05) is 0 Å². The maximum Gasteiger partial charge on any atom is 0.137 e. The first-order chi connectivity index (χ1) is 9.06. The van der Waals surface area contributed by atoms with E-state index in [1.54, 1.807) is 6.07 Å². The molecule has 1 nitrogen and oxygen atoms in total. The van der Waals surface area contributed by atoms with E-state index in [9.17, 15) is 4.39 Å². The molecular weight excluding hydrogens is 373 g/mol. The molecule has 4 heteroatoms. The second-order valence-corrected chi connectivity index (χ2v) is 6.22. The normalized spacial score (nSPS) is 12.4. The minimum absolute atomic E-state index is 0.0284. The molecule has 0 radical (unpaired) electrons. The zero-order valence-electron chi connectivity index (χ0n) is 10.2. The van der Waals surface area contributed by atoms with Crippen LogP contribution in [-0.2, 0) is 12.8 Å². The van der Waals surface area contributed by atoms with Gasteiger partial charge in [-0.2, -0.15) is 0 Å². The van der Waals surface area contributed by atoms with Crippen molar-refractivity contribution < 1.29 is 4.39 Å². The highest BCUT2D eigenvalue weighted by atomic mass is 79.9. The van der Waals surface area contributed by atoms with E-state index in [0.717, 1.165) is 16.5 Å². The highest BCUT2D eigenvalue weighted by Crippen LogP contribution is 2.22. The van der Waals surface area contributed by atoms with E-state index in [2.05, 4.69) is 31.9 Å². The highest BCUT2D eigenvalue weighted by molar-refractivity contribution is 9.10. The van der Waals surface area contributed by atoms with Gasteiger partial charge in [0.05, 0.1) is 4.47 Å². The number of hydrogen-bond acceptors (Lipinski definition) is 1. The summed E-state index contributed by atoms with van der Waals surface area (Å²) in [5.41, 5.74) is 8.23. The lowest BCUT2D eigenvalue weighted by Gasteiger charge is -2.13. The molecular formula is C15H14Br2FN. The number of rotatable bonds is 4. The third kappa shape index (κ3) is 4.13. The Kier molecular flexibility index (Phi) is 5.13. The maximum atomic E-state index is 13.4. The van der Waals surface area contributed by atoms with Crippen molar-refractivity contribution in [3.05, 3.63) is 68.4 Å². The van der Waals surface area contributed by atoms with Gasteiger partial charge in [-0.15, -0.1) is 0 Å². The Morgan fingerprint density at radius 1 is 1.00 bits per heavy atom. The van der Waals surface area contributed by atoms with Gasteiger partial charge in [-0.25, -0.2) is 4.39 Å². The number of halogens is 3. The van der Waals surface area contributed by atoms with Gasteiger partial charge in [-0.05, 0) is 58.1 Å². The van der Waals surface area contributed by atoms with Crippen LogP contribution in [0.2, 0.25) is 0 Å². The minimum atomic E-state index is -0.242. The lowest BCUT2D eigenvalue weighted by molar-refractivity contribution is 0.610. The molecule has 0 amide bonds. The summed E-state index contributed by atoms with van der Waals surface area (Å²) in [6, 6.07) is 13.1. The third-order valence-corrected chi connectivity index (χ3v) is 4.34. The molecule has 2 aromatic rings. The van der Waals surface area contributed by atoms with Crippen molar-refractivity contribution in [3.8, 4) is 0 Å². The molecule has 2 rings (SSSR count). The molecule has 0 spiro atoms. The van der Waals surface area contributed by atoms with Crippen molar-refractivity contribution in [2.24, 2.45) is 5.73 Å². The Morgan fingerprint density at radius 2 is 1.68 bits per heavy atom. The number of hydrogen-bond donors (Lipinski definition) is 1. The van der Waals surface area contributed by atoms with Crippen molar-refractivity contribution >= 4 is 31.9 Å². The van der Waals surface area contributed by atoms with Crippen LogP contribution in [0.4, 0.5) is 4.39 Å². The molecule has 19 heavy (non-hydrogen) atoms. The maximum absolute atomic E-state index is 13.4. The Labute approximate surface area is 129 Å². The van der Waals surface area contributed by atoms with Crippen LogP contribution < -0.4 is 5.73 Å². The van der Waals surface area contributed by atoms with Gasteiger partial charge < -0.3 is 5.73 Å². The summed E-state index contributed by atoms with van der Waals surface area (Å²) in [6.45, 7) is 0.